The van der Waals surface area contributed by atoms with Gasteiger partial charge in [0.15, 0.2) is 0 Å². The van der Waals surface area contributed by atoms with Gasteiger partial charge in [-0.05, 0) is 48.9 Å². The number of hydrogen-bond acceptors (Lipinski definition) is 5. The van der Waals surface area contributed by atoms with E-state index >= 15 is 0 Å². The zero-order valence-electron chi connectivity index (χ0n) is 15.5. The van der Waals surface area contributed by atoms with E-state index in [2.05, 4.69) is 31.1 Å². The van der Waals surface area contributed by atoms with Gasteiger partial charge in [-0.1, -0.05) is 12.1 Å². The zero-order chi connectivity index (χ0) is 20.2. The average molecular weight is 409 g/mol. The molecule has 1 unspecified atom stereocenters. The standard InChI is InChI=1S/C20H19N5O3S/c1-13-9-15-11-17(5-6-18(15)23-13)28-19-7-8-21-20(25-19)24-16-4-2-3-14(10-16)12-22-29(26)27/h2-11,22-23H,12H2,1H3,(H,26,27)(H,21,24,25). The first kappa shape index (κ1) is 19.1. The summed E-state index contributed by atoms with van der Waals surface area (Å²) < 4.78 is 27.9. The SMILES string of the molecule is Cc1cc2cc(Oc3ccnc(Nc4cccc(CNS(=O)O)c4)n3)ccc2[nH]1. The third-order valence-electron chi connectivity index (χ3n) is 4.16. The van der Waals surface area contributed by atoms with E-state index in [1.54, 1.807) is 12.3 Å². The van der Waals surface area contributed by atoms with Gasteiger partial charge >= 0.3 is 0 Å². The van der Waals surface area contributed by atoms with Crippen LogP contribution in [-0.4, -0.2) is 23.7 Å². The van der Waals surface area contributed by atoms with Gasteiger partial charge in [-0.15, -0.1) is 0 Å². The molecule has 9 heteroatoms. The van der Waals surface area contributed by atoms with E-state index in [1.807, 2.05) is 49.4 Å². The lowest BCUT2D eigenvalue weighted by atomic mass is 10.2. The molecule has 1 atom stereocenters. The second-order valence-corrected chi connectivity index (χ2v) is 7.20. The van der Waals surface area contributed by atoms with Crippen molar-refractivity contribution in [3.05, 3.63) is 72.1 Å². The smallest absolute Gasteiger partial charge is 0.232 e. The highest BCUT2D eigenvalue weighted by Crippen LogP contribution is 2.26. The number of aromatic nitrogens is 3. The molecule has 148 valence electrons. The second-order valence-electron chi connectivity index (χ2n) is 6.42. The predicted molar refractivity (Wildman–Crippen MR) is 112 cm³/mol. The molecule has 4 rings (SSSR count). The molecule has 0 bridgehead atoms. The molecule has 0 saturated carbocycles. The van der Waals surface area contributed by atoms with Crippen molar-refractivity contribution in [3.63, 3.8) is 0 Å². The Hall–Kier alpha value is -3.27. The molecule has 8 nitrogen and oxygen atoms in total. The van der Waals surface area contributed by atoms with Crippen molar-refractivity contribution in [1.82, 2.24) is 19.7 Å². The van der Waals surface area contributed by atoms with Gasteiger partial charge in [0, 0.05) is 41.1 Å². The molecule has 0 saturated heterocycles. The summed E-state index contributed by atoms with van der Waals surface area (Å²) in [5, 5.41) is 4.19. The second kappa shape index (κ2) is 8.39. The molecule has 2 aromatic heterocycles. The summed E-state index contributed by atoms with van der Waals surface area (Å²) in [6.07, 6.45) is 1.62. The lowest BCUT2D eigenvalue weighted by molar-refractivity contribution is 0.463. The normalized spacial score (nSPS) is 12.1. The summed E-state index contributed by atoms with van der Waals surface area (Å²) in [7, 11) is 0. The Morgan fingerprint density at radius 2 is 2.07 bits per heavy atom. The number of aromatic amines is 1. The molecular weight excluding hydrogens is 390 g/mol. The minimum atomic E-state index is -2.05. The maximum atomic E-state index is 10.8. The van der Waals surface area contributed by atoms with Crippen LogP contribution in [0.25, 0.3) is 10.9 Å². The molecule has 4 aromatic rings. The average Bonchev–Trinajstić information content (AvgIpc) is 3.06. The Balaban J connectivity index is 1.48. The molecule has 2 heterocycles. The predicted octanol–water partition coefficient (Wildman–Crippen LogP) is 4.03. The minimum absolute atomic E-state index is 0.268. The highest BCUT2D eigenvalue weighted by atomic mass is 32.2. The van der Waals surface area contributed by atoms with Crippen molar-refractivity contribution in [2.24, 2.45) is 0 Å². The third-order valence-corrected chi connectivity index (χ3v) is 4.55. The number of rotatable bonds is 7. The van der Waals surface area contributed by atoms with Gasteiger partial charge < -0.3 is 15.0 Å². The Labute approximate surface area is 169 Å². The number of nitrogens with one attached hydrogen (secondary N) is 3. The topological polar surface area (TPSA) is 112 Å². The van der Waals surface area contributed by atoms with Crippen LogP contribution in [0.5, 0.6) is 11.6 Å². The van der Waals surface area contributed by atoms with Crippen molar-refractivity contribution < 1.29 is 13.5 Å². The van der Waals surface area contributed by atoms with E-state index in [-0.39, 0.29) is 6.54 Å². The molecule has 0 spiro atoms. The van der Waals surface area contributed by atoms with Crippen LogP contribution < -0.4 is 14.8 Å². The number of H-pyrrole nitrogens is 1. The summed E-state index contributed by atoms with van der Waals surface area (Å²) in [4.78, 5) is 11.9. The van der Waals surface area contributed by atoms with E-state index in [0.717, 1.165) is 27.8 Å². The van der Waals surface area contributed by atoms with E-state index in [9.17, 15) is 4.21 Å². The van der Waals surface area contributed by atoms with Crippen molar-refractivity contribution in [1.29, 1.82) is 0 Å². The number of fused-ring (bicyclic) bond motifs is 1. The summed E-state index contributed by atoms with van der Waals surface area (Å²) >= 11 is -2.05. The maximum Gasteiger partial charge on any atom is 0.232 e. The molecule has 2 aromatic carbocycles. The summed E-state index contributed by atoms with van der Waals surface area (Å²) in [6.45, 7) is 2.28. The van der Waals surface area contributed by atoms with Crippen LogP contribution in [-0.2, 0) is 17.8 Å². The molecule has 0 aliphatic carbocycles. The van der Waals surface area contributed by atoms with Crippen LogP contribution in [0, 0.1) is 6.92 Å². The van der Waals surface area contributed by atoms with E-state index in [1.165, 1.54) is 0 Å². The van der Waals surface area contributed by atoms with Crippen LogP contribution >= 0.6 is 0 Å². The van der Waals surface area contributed by atoms with Crippen LogP contribution in [0.4, 0.5) is 11.6 Å². The van der Waals surface area contributed by atoms with Crippen molar-refractivity contribution in [2.45, 2.75) is 13.5 Å². The Bertz CT molecular complexity index is 1180. The zero-order valence-corrected chi connectivity index (χ0v) is 16.4. The number of aryl methyl sites for hydroxylation is 1. The number of nitrogens with zero attached hydrogens (tertiary/aromatic N) is 2. The minimum Gasteiger partial charge on any atom is -0.439 e. The Kier molecular flexibility index (Phi) is 5.52. The largest absolute Gasteiger partial charge is 0.439 e. The number of anilines is 2. The van der Waals surface area contributed by atoms with Crippen LogP contribution in [0.15, 0.2) is 60.8 Å². The Morgan fingerprint density at radius 1 is 1.17 bits per heavy atom. The van der Waals surface area contributed by atoms with E-state index in [0.29, 0.717) is 17.6 Å². The van der Waals surface area contributed by atoms with Gasteiger partial charge in [0.1, 0.15) is 5.75 Å². The van der Waals surface area contributed by atoms with Gasteiger partial charge in [0.05, 0.1) is 0 Å². The lowest BCUT2D eigenvalue weighted by Crippen LogP contribution is -2.15. The number of hydrogen-bond donors (Lipinski definition) is 4. The van der Waals surface area contributed by atoms with Gasteiger partial charge in [-0.2, -0.15) is 4.98 Å². The maximum absolute atomic E-state index is 10.8. The van der Waals surface area contributed by atoms with E-state index in [4.69, 9.17) is 9.29 Å². The summed E-state index contributed by atoms with van der Waals surface area (Å²) in [5.74, 6) is 1.49. The van der Waals surface area contributed by atoms with Gasteiger partial charge in [0.25, 0.3) is 0 Å². The molecule has 29 heavy (non-hydrogen) atoms. The van der Waals surface area contributed by atoms with Crippen molar-refractivity contribution in [3.8, 4) is 11.6 Å². The van der Waals surface area contributed by atoms with Crippen molar-refractivity contribution >= 4 is 33.8 Å². The van der Waals surface area contributed by atoms with Crippen LogP contribution in [0.1, 0.15) is 11.3 Å². The van der Waals surface area contributed by atoms with Crippen molar-refractivity contribution in [2.75, 3.05) is 5.32 Å². The highest BCUT2D eigenvalue weighted by Gasteiger charge is 2.06. The fraction of sp³-hybridized carbons (Fsp3) is 0.100. The molecular formula is C20H19N5O3S. The van der Waals surface area contributed by atoms with Gasteiger partial charge in [-0.25, -0.2) is 13.9 Å². The molecule has 4 N–H and O–H groups in total. The van der Waals surface area contributed by atoms with Crippen LogP contribution in [0.2, 0.25) is 0 Å². The lowest BCUT2D eigenvalue weighted by Gasteiger charge is -2.09. The molecule has 0 fully saturated rings. The quantitative estimate of drug-likeness (QED) is 0.343. The highest BCUT2D eigenvalue weighted by molar-refractivity contribution is 7.77. The van der Waals surface area contributed by atoms with Gasteiger partial charge in [-0.3, -0.25) is 4.55 Å². The Morgan fingerprint density at radius 3 is 2.93 bits per heavy atom. The number of benzene rings is 2. The molecule has 0 aliphatic rings. The first-order chi connectivity index (χ1) is 14.0. The molecule has 0 aliphatic heterocycles. The fourth-order valence-electron chi connectivity index (χ4n) is 2.93. The number of ether oxygens (including phenoxy) is 1. The molecule has 0 amide bonds. The van der Waals surface area contributed by atoms with Gasteiger partial charge in [0.2, 0.25) is 23.1 Å². The third kappa shape index (κ3) is 4.96. The summed E-state index contributed by atoms with van der Waals surface area (Å²) in [5.41, 5.74) is 3.75. The molecule has 0 radical (unpaired) electrons. The first-order valence-corrected chi connectivity index (χ1v) is 9.96. The first-order valence-electron chi connectivity index (χ1n) is 8.86. The van der Waals surface area contributed by atoms with E-state index < -0.39 is 11.3 Å². The van der Waals surface area contributed by atoms with Crippen LogP contribution in [0.3, 0.4) is 0 Å². The fourth-order valence-corrected chi connectivity index (χ4v) is 3.22. The monoisotopic (exact) mass is 409 g/mol. The summed E-state index contributed by atoms with van der Waals surface area (Å²) in [6, 6.07) is 17.0.